The van der Waals surface area contributed by atoms with Crippen molar-refractivity contribution in [3.8, 4) is 0 Å². The minimum absolute atomic E-state index is 0.0814. The maximum Gasteiger partial charge on any atom is 0.389 e. The second kappa shape index (κ2) is 5.69. The van der Waals surface area contributed by atoms with Gasteiger partial charge in [0.05, 0.1) is 0 Å². The van der Waals surface area contributed by atoms with Gasteiger partial charge >= 0.3 is 6.18 Å². The Hall–Kier alpha value is -0.810. The number of nitrogens with two attached hydrogens (primary N) is 1. The molecule has 0 aliphatic carbocycles. The van der Waals surface area contributed by atoms with Crippen molar-refractivity contribution in [1.29, 1.82) is 0 Å². The molecule has 0 saturated carbocycles. The molecule has 2 N–H and O–H groups in total. The Bertz CT molecular complexity index is 378. The van der Waals surface area contributed by atoms with Gasteiger partial charge in [0.25, 0.3) is 0 Å². The Morgan fingerprint density at radius 2 is 1.94 bits per heavy atom. The van der Waals surface area contributed by atoms with Crippen LogP contribution in [0.5, 0.6) is 0 Å². The first-order valence-corrected chi connectivity index (χ1v) is 5.44. The monoisotopic (exact) mass is 269 g/mol. The molecule has 1 aromatic rings. The second-order valence-corrected chi connectivity index (χ2v) is 4.22. The number of hydrogen-bond acceptors (Lipinski definition) is 1. The first kappa shape index (κ1) is 14.3. The third-order valence-electron chi connectivity index (χ3n) is 2.34. The van der Waals surface area contributed by atoms with Gasteiger partial charge in [-0.1, -0.05) is 17.7 Å². The SMILES string of the molecule is NC(CCCC(F)(F)F)c1ccc(Cl)cc1F. The van der Waals surface area contributed by atoms with Crippen LogP contribution >= 0.6 is 11.6 Å². The van der Waals surface area contributed by atoms with Crippen LogP contribution in [0, 0.1) is 5.82 Å². The number of hydrogen-bond donors (Lipinski definition) is 1. The van der Waals surface area contributed by atoms with Gasteiger partial charge in [0.1, 0.15) is 5.82 Å². The predicted octanol–water partition coefficient (Wildman–Crippen LogP) is 4.21. The molecule has 0 radical (unpaired) electrons. The summed E-state index contributed by atoms with van der Waals surface area (Å²) in [4.78, 5) is 0. The highest BCUT2D eigenvalue weighted by Gasteiger charge is 2.26. The lowest BCUT2D eigenvalue weighted by Crippen LogP contribution is -2.14. The fourth-order valence-electron chi connectivity index (χ4n) is 1.48. The van der Waals surface area contributed by atoms with Gasteiger partial charge in [-0.15, -0.1) is 0 Å². The Morgan fingerprint density at radius 3 is 2.47 bits per heavy atom. The zero-order chi connectivity index (χ0) is 13.1. The largest absolute Gasteiger partial charge is 0.389 e. The Labute approximate surface area is 102 Å². The molecule has 0 amide bonds. The number of benzene rings is 1. The highest BCUT2D eigenvalue weighted by Crippen LogP contribution is 2.27. The summed E-state index contributed by atoms with van der Waals surface area (Å²) in [5.41, 5.74) is 5.82. The highest BCUT2D eigenvalue weighted by molar-refractivity contribution is 6.30. The molecule has 0 spiro atoms. The smallest absolute Gasteiger partial charge is 0.324 e. The van der Waals surface area contributed by atoms with Gasteiger partial charge in [0, 0.05) is 23.0 Å². The van der Waals surface area contributed by atoms with Crippen molar-refractivity contribution in [2.75, 3.05) is 0 Å². The molecule has 1 aromatic carbocycles. The summed E-state index contributed by atoms with van der Waals surface area (Å²) < 4.78 is 49.1. The molecular formula is C11H12ClF4N. The van der Waals surface area contributed by atoms with Crippen molar-refractivity contribution in [3.05, 3.63) is 34.6 Å². The van der Waals surface area contributed by atoms with Gasteiger partial charge in [-0.3, -0.25) is 0 Å². The van der Waals surface area contributed by atoms with Gasteiger partial charge in [0.2, 0.25) is 0 Å². The lowest BCUT2D eigenvalue weighted by Gasteiger charge is -2.13. The normalized spacial score (nSPS) is 13.8. The molecule has 1 atom stereocenters. The number of halogens is 5. The Kier molecular flexibility index (Phi) is 4.77. The van der Waals surface area contributed by atoms with E-state index in [-0.39, 0.29) is 23.4 Å². The highest BCUT2D eigenvalue weighted by atomic mass is 35.5. The molecular weight excluding hydrogens is 258 g/mol. The second-order valence-electron chi connectivity index (χ2n) is 3.78. The Morgan fingerprint density at radius 1 is 1.29 bits per heavy atom. The van der Waals surface area contributed by atoms with Crippen LogP contribution in [0.15, 0.2) is 18.2 Å². The third kappa shape index (κ3) is 4.91. The summed E-state index contributed by atoms with van der Waals surface area (Å²) in [5.74, 6) is -0.586. The van der Waals surface area contributed by atoms with Crippen molar-refractivity contribution < 1.29 is 17.6 Å². The molecule has 0 bridgehead atoms. The van der Waals surface area contributed by atoms with Crippen LogP contribution < -0.4 is 5.73 Å². The quantitative estimate of drug-likeness (QED) is 0.814. The van der Waals surface area contributed by atoms with Crippen molar-refractivity contribution in [2.45, 2.75) is 31.5 Å². The molecule has 0 aliphatic heterocycles. The molecule has 1 unspecified atom stereocenters. The van der Waals surface area contributed by atoms with Crippen molar-refractivity contribution in [3.63, 3.8) is 0 Å². The Balaban J connectivity index is 2.55. The van der Waals surface area contributed by atoms with E-state index in [0.717, 1.165) is 6.07 Å². The lowest BCUT2D eigenvalue weighted by atomic mass is 10.0. The number of rotatable bonds is 4. The summed E-state index contributed by atoms with van der Waals surface area (Å²) in [5, 5.41) is 0.230. The van der Waals surface area contributed by atoms with Gasteiger partial charge < -0.3 is 5.73 Å². The minimum atomic E-state index is -4.20. The van der Waals surface area contributed by atoms with Gasteiger partial charge in [0.15, 0.2) is 0 Å². The molecule has 0 heterocycles. The maximum absolute atomic E-state index is 13.4. The van der Waals surface area contributed by atoms with Crippen molar-refractivity contribution in [1.82, 2.24) is 0 Å². The van der Waals surface area contributed by atoms with E-state index in [4.69, 9.17) is 17.3 Å². The standard InChI is InChI=1S/C11H12ClF4N/c12-7-3-4-8(9(13)6-7)10(17)2-1-5-11(14,15)16/h3-4,6,10H,1-2,5,17H2. The minimum Gasteiger partial charge on any atom is -0.324 e. The summed E-state index contributed by atoms with van der Waals surface area (Å²) in [6.07, 6.45) is -5.14. The average molecular weight is 270 g/mol. The maximum atomic E-state index is 13.4. The van der Waals surface area contributed by atoms with Gasteiger partial charge in [-0.05, 0) is 25.0 Å². The van der Waals surface area contributed by atoms with Crippen molar-refractivity contribution in [2.24, 2.45) is 5.73 Å². The van der Waals surface area contributed by atoms with Crippen LogP contribution in [-0.4, -0.2) is 6.18 Å². The first-order valence-electron chi connectivity index (χ1n) is 5.07. The molecule has 17 heavy (non-hydrogen) atoms. The zero-order valence-corrected chi connectivity index (χ0v) is 9.65. The van der Waals surface area contributed by atoms with E-state index in [9.17, 15) is 17.6 Å². The lowest BCUT2D eigenvalue weighted by molar-refractivity contribution is -0.135. The molecule has 96 valence electrons. The van der Waals surface area contributed by atoms with E-state index in [1.165, 1.54) is 12.1 Å². The van der Waals surface area contributed by atoms with E-state index >= 15 is 0 Å². The van der Waals surface area contributed by atoms with Crippen LogP contribution in [0.2, 0.25) is 5.02 Å². The van der Waals surface area contributed by atoms with E-state index in [2.05, 4.69) is 0 Å². The third-order valence-corrected chi connectivity index (χ3v) is 2.57. The molecule has 0 aliphatic rings. The molecule has 1 rings (SSSR count). The van der Waals surface area contributed by atoms with E-state index in [1.807, 2.05) is 0 Å². The molecule has 0 saturated heterocycles. The fourth-order valence-corrected chi connectivity index (χ4v) is 1.64. The van der Waals surface area contributed by atoms with E-state index in [0.29, 0.717) is 0 Å². The number of alkyl halides is 3. The van der Waals surface area contributed by atoms with Crippen molar-refractivity contribution >= 4 is 11.6 Å². The van der Waals surface area contributed by atoms with Gasteiger partial charge in [-0.2, -0.15) is 13.2 Å². The van der Waals surface area contributed by atoms with Crippen LogP contribution in [-0.2, 0) is 0 Å². The zero-order valence-electron chi connectivity index (χ0n) is 8.90. The van der Waals surface area contributed by atoms with E-state index < -0.39 is 24.5 Å². The molecule has 1 nitrogen and oxygen atoms in total. The molecule has 6 heteroatoms. The summed E-state index contributed by atoms with van der Waals surface area (Å²) in [6, 6.07) is 3.22. The van der Waals surface area contributed by atoms with Crippen LogP contribution in [0.4, 0.5) is 17.6 Å². The molecule has 0 fully saturated rings. The van der Waals surface area contributed by atoms with Crippen LogP contribution in [0.1, 0.15) is 30.9 Å². The summed E-state index contributed by atoms with van der Waals surface area (Å²) in [6.45, 7) is 0. The van der Waals surface area contributed by atoms with Crippen LogP contribution in [0.3, 0.4) is 0 Å². The van der Waals surface area contributed by atoms with Crippen LogP contribution in [0.25, 0.3) is 0 Å². The van der Waals surface area contributed by atoms with E-state index in [1.54, 1.807) is 0 Å². The average Bonchev–Trinajstić information content (AvgIpc) is 2.15. The summed E-state index contributed by atoms with van der Waals surface area (Å²) >= 11 is 5.56. The topological polar surface area (TPSA) is 26.0 Å². The molecule has 0 aromatic heterocycles. The summed E-state index contributed by atoms with van der Waals surface area (Å²) in [7, 11) is 0. The van der Waals surface area contributed by atoms with Gasteiger partial charge in [-0.25, -0.2) is 4.39 Å². The first-order chi connectivity index (χ1) is 7.79. The fraction of sp³-hybridized carbons (Fsp3) is 0.455. The predicted molar refractivity (Wildman–Crippen MR) is 58.2 cm³/mol.